The molecule has 0 aliphatic heterocycles. The first-order valence-electron chi connectivity index (χ1n) is 6.57. The molecule has 0 saturated carbocycles. The van der Waals surface area contributed by atoms with Gasteiger partial charge in [0.05, 0.1) is 29.4 Å². The van der Waals surface area contributed by atoms with E-state index >= 15 is 0 Å². The van der Waals surface area contributed by atoms with Crippen molar-refractivity contribution in [3.05, 3.63) is 22.7 Å². The predicted octanol–water partition coefficient (Wildman–Crippen LogP) is 3.57. The lowest BCUT2D eigenvalue weighted by Crippen LogP contribution is -2.15. The number of hydrogen-bond donors (Lipinski definition) is 1. The van der Waals surface area contributed by atoms with Gasteiger partial charge in [-0.2, -0.15) is 0 Å². The minimum atomic E-state index is -0.848. The summed E-state index contributed by atoms with van der Waals surface area (Å²) >= 11 is 4.68. The van der Waals surface area contributed by atoms with Gasteiger partial charge in [0, 0.05) is 11.6 Å². The number of imidazole rings is 1. The number of halogens is 1. The normalized spacial score (nSPS) is 12.7. The first kappa shape index (κ1) is 16.3. The molecule has 1 atom stereocenters. The molecule has 1 heterocycles. The molecule has 0 bridgehead atoms. The molecule has 0 fully saturated rings. The molecule has 21 heavy (non-hydrogen) atoms. The summed E-state index contributed by atoms with van der Waals surface area (Å²) < 4.78 is 8.32. The van der Waals surface area contributed by atoms with Gasteiger partial charge in [-0.25, -0.2) is 4.98 Å². The second-order valence-corrected chi connectivity index (χ2v) is 6.46. The van der Waals surface area contributed by atoms with E-state index in [1.54, 1.807) is 7.11 Å². The molecular weight excluding hydrogens is 356 g/mol. The Morgan fingerprint density at radius 3 is 2.95 bits per heavy atom. The Labute approximate surface area is 135 Å². The zero-order valence-corrected chi connectivity index (χ0v) is 14.3. The fraction of sp³-hybridized carbons (Fsp3) is 0.429. The van der Waals surface area contributed by atoms with Gasteiger partial charge in [0.1, 0.15) is 0 Å². The summed E-state index contributed by atoms with van der Waals surface area (Å²) in [5.74, 6) is -0.854. The van der Waals surface area contributed by atoms with Gasteiger partial charge in [0.25, 0.3) is 0 Å². The van der Waals surface area contributed by atoms with E-state index in [1.165, 1.54) is 11.8 Å². The highest BCUT2D eigenvalue weighted by molar-refractivity contribution is 9.10. The van der Waals surface area contributed by atoms with Gasteiger partial charge in [0.15, 0.2) is 5.16 Å². The Morgan fingerprint density at radius 2 is 2.33 bits per heavy atom. The predicted molar refractivity (Wildman–Crippen MR) is 87.0 cm³/mol. The zero-order chi connectivity index (χ0) is 15.4. The molecule has 0 amide bonds. The molecule has 1 aromatic heterocycles. The van der Waals surface area contributed by atoms with E-state index in [-0.39, 0.29) is 11.8 Å². The Hall–Kier alpha value is -1.05. The molecule has 0 spiro atoms. The van der Waals surface area contributed by atoms with Gasteiger partial charge < -0.3 is 14.4 Å². The van der Waals surface area contributed by atoms with E-state index < -0.39 is 5.97 Å². The smallest absolute Gasteiger partial charge is 0.313 e. The highest BCUT2D eigenvalue weighted by atomic mass is 79.9. The van der Waals surface area contributed by atoms with Crippen molar-refractivity contribution in [2.24, 2.45) is 0 Å². The number of aromatic nitrogens is 2. The number of carboxylic acids is 1. The van der Waals surface area contributed by atoms with Gasteiger partial charge in [-0.3, -0.25) is 4.79 Å². The van der Waals surface area contributed by atoms with E-state index in [2.05, 4.69) is 32.4 Å². The monoisotopic (exact) mass is 372 g/mol. The van der Waals surface area contributed by atoms with Crippen LogP contribution < -0.4 is 0 Å². The van der Waals surface area contributed by atoms with E-state index in [0.717, 1.165) is 27.1 Å². The number of carboxylic acid groups (broad SMARTS) is 1. The Bertz CT molecular complexity index is 644. The minimum absolute atomic E-state index is 0.00604. The second kappa shape index (κ2) is 7.29. The van der Waals surface area contributed by atoms with Crippen molar-refractivity contribution < 1.29 is 14.6 Å². The summed E-state index contributed by atoms with van der Waals surface area (Å²) in [5.41, 5.74) is 1.85. The summed E-state index contributed by atoms with van der Waals surface area (Å²) in [5, 5.41) is 9.61. The molecule has 5 nitrogen and oxygen atoms in total. The third-order valence-corrected chi connectivity index (χ3v) is 4.57. The molecule has 2 aromatic rings. The molecular formula is C14H17BrN2O3S. The van der Waals surface area contributed by atoms with Crippen LogP contribution in [0.2, 0.25) is 0 Å². The fourth-order valence-electron chi connectivity index (χ4n) is 2.20. The summed E-state index contributed by atoms with van der Waals surface area (Å²) in [6.45, 7) is 2.65. The number of methoxy groups -OCH3 is 1. The number of carbonyl (C=O) groups is 1. The van der Waals surface area contributed by atoms with Crippen LogP contribution in [0.5, 0.6) is 0 Å². The van der Waals surface area contributed by atoms with Crippen LogP contribution in [0.25, 0.3) is 11.0 Å². The third-order valence-electron chi connectivity index (χ3n) is 3.14. The first-order chi connectivity index (χ1) is 10.1. The van der Waals surface area contributed by atoms with Gasteiger partial charge in [0.2, 0.25) is 0 Å². The van der Waals surface area contributed by atoms with Gasteiger partial charge in [-0.15, -0.1) is 0 Å². The molecule has 0 aliphatic carbocycles. The Kier molecular flexibility index (Phi) is 5.66. The van der Waals surface area contributed by atoms with Crippen LogP contribution in [0.3, 0.4) is 0 Å². The molecule has 2 rings (SSSR count). The number of nitrogens with zero attached hydrogens (tertiary/aromatic N) is 2. The van der Waals surface area contributed by atoms with Crippen molar-refractivity contribution in [2.45, 2.75) is 24.5 Å². The summed E-state index contributed by atoms with van der Waals surface area (Å²) in [4.78, 5) is 15.4. The molecule has 7 heteroatoms. The molecule has 1 N–H and O–H groups in total. The Morgan fingerprint density at radius 1 is 1.57 bits per heavy atom. The number of benzene rings is 1. The molecule has 1 aromatic carbocycles. The highest BCUT2D eigenvalue weighted by Gasteiger charge is 2.19. The maximum atomic E-state index is 10.8. The minimum Gasteiger partial charge on any atom is -0.481 e. The van der Waals surface area contributed by atoms with E-state index in [9.17, 15) is 4.79 Å². The highest BCUT2D eigenvalue weighted by Crippen LogP contribution is 2.30. The van der Waals surface area contributed by atoms with E-state index in [0.29, 0.717) is 6.61 Å². The summed E-state index contributed by atoms with van der Waals surface area (Å²) in [6, 6.07) is 6.04. The summed E-state index contributed by atoms with van der Waals surface area (Å²) in [7, 11) is 1.67. The average Bonchev–Trinajstić information content (AvgIpc) is 2.79. The van der Waals surface area contributed by atoms with Crippen molar-refractivity contribution in [2.75, 3.05) is 19.5 Å². The number of aliphatic carboxylic acids is 1. The molecule has 0 saturated heterocycles. The van der Waals surface area contributed by atoms with Crippen LogP contribution in [0.4, 0.5) is 0 Å². The topological polar surface area (TPSA) is 64.3 Å². The number of rotatable bonds is 7. The van der Waals surface area contributed by atoms with Crippen molar-refractivity contribution in [3.8, 4) is 0 Å². The molecule has 0 aliphatic rings. The van der Waals surface area contributed by atoms with Crippen LogP contribution >= 0.6 is 27.7 Å². The first-order valence-corrected chi connectivity index (χ1v) is 8.35. The van der Waals surface area contributed by atoms with Crippen LogP contribution in [0.1, 0.15) is 19.4 Å². The van der Waals surface area contributed by atoms with E-state index in [4.69, 9.17) is 9.84 Å². The standard InChI is InChI=1S/C14H17BrN2O3S/c1-3-10(7-20-2)17-12-5-4-9(15)6-11(12)16-14(17)21-8-13(18)19/h4-6,10H,3,7-8H2,1-2H3,(H,18,19). The molecule has 1 unspecified atom stereocenters. The lowest BCUT2D eigenvalue weighted by atomic mass is 10.2. The van der Waals surface area contributed by atoms with Crippen molar-refractivity contribution in [1.29, 1.82) is 0 Å². The molecule has 0 radical (unpaired) electrons. The lowest BCUT2D eigenvalue weighted by molar-refractivity contribution is -0.133. The quantitative estimate of drug-likeness (QED) is 0.752. The fourth-order valence-corrected chi connectivity index (χ4v) is 3.35. The van der Waals surface area contributed by atoms with Crippen molar-refractivity contribution in [1.82, 2.24) is 9.55 Å². The third kappa shape index (κ3) is 3.78. The van der Waals surface area contributed by atoms with E-state index in [1.807, 2.05) is 18.2 Å². The largest absolute Gasteiger partial charge is 0.481 e. The van der Waals surface area contributed by atoms with Gasteiger partial charge in [-0.1, -0.05) is 34.6 Å². The number of thioether (sulfide) groups is 1. The van der Waals surface area contributed by atoms with Crippen LogP contribution in [0, 0.1) is 0 Å². The van der Waals surface area contributed by atoms with Gasteiger partial charge in [-0.05, 0) is 24.6 Å². The summed E-state index contributed by atoms with van der Waals surface area (Å²) in [6.07, 6.45) is 0.885. The lowest BCUT2D eigenvalue weighted by Gasteiger charge is -2.19. The maximum Gasteiger partial charge on any atom is 0.313 e. The number of fused-ring (bicyclic) bond motifs is 1. The number of ether oxygens (including phenoxy) is 1. The SMILES string of the molecule is CCC(COC)n1c(SCC(=O)O)nc2cc(Br)ccc21. The van der Waals surface area contributed by atoms with Crippen LogP contribution in [0.15, 0.2) is 27.8 Å². The maximum absolute atomic E-state index is 10.8. The average molecular weight is 373 g/mol. The van der Waals surface area contributed by atoms with Crippen LogP contribution in [-0.2, 0) is 9.53 Å². The molecule has 114 valence electrons. The Balaban J connectivity index is 2.50. The number of hydrogen-bond acceptors (Lipinski definition) is 4. The van der Waals surface area contributed by atoms with Gasteiger partial charge >= 0.3 is 5.97 Å². The second-order valence-electron chi connectivity index (χ2n) is 4.60. The van der Waals surface area contributed by atoms with Crippen molar-refractivity contribution >= 4 is 44.7 Å². The zero-order valence-electron chi connectivity index (χ0n) is 11.9. The van der Waals surface area contributed by atoms with Crippen LogP contribution in [-0.4, -0.2) is 40.1 Å². The van der Waals surface area contributed by atoms with Crippen molar-refractivity contribution in [3.63, 3.8) is 0 Å².